The standard InChI is InChI=1S/C27H30FN7O5.C2HF3O2/c1-38-22-13-18(20(28)14-23(22)39-2)24(32-17-5-3-16(4-6-17)25(29)30)27(37)34-33-26(36)19-15-31-8-7-21(19)35-9-11-40-12-10-35;3-2(4,5)1(6)7/h3-8,13-15,24,32H,9-12H2,1-2H3,(H3,29,30)(H,33,36)(H,34,37);(H,6,7). The number of aliphatic carboxylic acids is 1. The van der Waals surface area contributed by atoms with Crippen molar-refractivity contribution in [1.82, 2.24) is 15.8 Å². The largest absolute Gasteiger partial charge is 0.493 e. The molecule has 4 rings (SSSR count). The molecule has 0 saturated carbocycles. The Kier molecular flexibility index (Phi) is 12.3. The second-order valence-electron chi connectivity index (χ2n) is 9.54. The summed E-state index contributed by atoms with van der Waals surface area (Å²) in [5.41, 5.74) is 12.1. The molecule has 1 atom stereocenters. The maximum absolute atomic E-state index is 15.2. The van der Waals surface area contributed by atoms with Gasteiger partial charge in [0.05, 0.1) is 38.7 Å². The Bertz CT molecular complexity index is 1580. The summed E-state index contributed by atoms with van der Waals surface area (Å²) < 4.78 is 62.8. The molecule has 1 aliphatic rings. The number of nitrogens with two attached hydrogens (primary N) is 1. The van der Waals surface area contributed by atoms with Gasteiger partial charge in [0.2, 0.25) is 0 Å². The Morgan fingerprint density at radius 1 is 1.04 bits per heavy atom. The zero-order chi connectivity index (χ0) is 34.7. The summed E-state index contributed by atoms with van der Waals surface area (Å²) in [4.78, 5) is 41.5. The lowest BCUT2D eigenvalue weighted by Gasteiger charge is -2.30. The van der Waals surface area contributed by atoms with Crippen LogP contribution in [0.25, 0.3) is 0 Å². The minimum Gasteiger partial charge on any atom is -0.493 e. The molecule has 252 valence electrons. The van der Waals surface area contributed by atoms with Crippen molar-refractivity contribution in [1.29, 1.82) is 5.41 Å². The predicted octanol–water partition coefficient (Wildman–Crippen LogP) is 2.61. The summed E-state index contributed by atoms with van der Waals surface area (Å²) in [7, 11) is 2.76. The number of hydrazine groups is 1. The molecule has 7 N–H and O–H groups in total. The molecule has 0 radical (unpaired) electrons. The summed E-state index contributed by atoms with van der Waals surface area (Å²) in [6, 6.07) is 9.22. The molecule has 1 aliphatic heterocycles. The third-order valence-corrected chi connectivity index (χ3v) is 6.52. The first kappa shape index (κ1) is 35.8. The van der Waals surface area contributed by atoms with E-state index < -0.39 is 35.8 Å². The van der Waals surface area contributed by atoms with Crippen LogP contribution in [0.3, 0.4) is 0 Å². The molecule has 2 amide bonds. The van der Waals surface area contributed by atoms with Gasteiger partial charge in [0.1, 0.15) is 17.7 Å². The highest BCUT2D eigenvalue weighted by Gasteiger charge is 2.38. The van der Waals surface area contributed by atoms with Gasteiger partial charge < -0.3 is 35.3 Å². The quantitative estimate of drug-likeness (QED) is 0.0849. The minimum absolute atomic E-state index is 0.0598. The Hall–Kier alpha value is -5.65. The van der Waals surface area contributed by atoms with Gasteiger partial charge in [-0.15, -0.1) is 0 Å². The van der Waals surface area contributed by atoms with Crippen molar-refractivity contribution in [3.63, 3.8) is 0 Å². The van der Waals surface area contributed by atoms with Crippen molar-refractivity contribution in [2.24, 2.45) is 5.73 Å². The Labute approximate surface area is 265 Å². The van der Waals surface area contributed by atoms with E-state index in [1.165, 1.54) is 26.5 Å². The fourth-order valence-corrected chi connectivity index (χ4v) is 4.19. The van der Waals surface area contributed by atoms with Crippen LogP contribution in [0.2, 0.25) is 0 Å². The number of amidine groups is 1. The van der Waals surface area contributed by atoms with Gasteiger partial charge in [-0.1, -0.05) is 0 Å². The van der Waals surface area contributed by atoms with Gasteiger partial charge in [-0.2, -0.15) is 13.2 Å². The molecule has 2 heterocycles. The molecule has 0 aliphatic carbocycles. The smallest absolute Gasteiger partial charge is 0.490 e. The maximum Gasteiger partial charge on any atom is 0.490 e. The number of carbonyl (C=O) groups is 3. The topological polar surface area (TPSA) is 201 Å². The molecule has 3 aromatic rings. The molecule has 1 unspecified atom stereocenters. The number of alkyl halides is 3. The normalized spacial score (nSPS) is 13.3. The fourth-order valence-electron chi connectivity index (χ4n) is 4.19. The lowest BCUT2D eigenvalue weighted by molar-refractivity contribution is -0.192. The van der Waals surface area contributed by atoms with E-state index in [1.54, 1.807) is 36.5 Å². The van der Waals surface area contributed by atoms with Crippen molar-refractivity contribution in [3.8, 4) is 11.5 Å². The van der Waals surface area contributed by atoms with Crippen molar-refractivity contribution in [2.45, 2.75) is 12.2 Å². The van der Waals surface area contributed by atoms with E-state index in [0.717, 1.165) is 6.07 Å². The third kappa shape index (κ3) is 9.67. The highest BCUT2D eigenvalue weighted by Crippen LogP contribution is 2.34. The molecule has 0 bridgehead atoms. The lowest BCUT2D eigenvalue weighted by atomic mass is 10.0. The molecule has 47 heavy (non-hydrogen) atoms. The Morgan fingerprint density at radius 3 is 2.19 bits per heavy atom. The van der Waals surface area contributed by atoms with E-state index in [-0.39, 0.29) is 28.5 Å². The van der Waals surface area contributed by atoms with E-state index in [2.05, 4.69) is 21.2 Å². The summed E-state index contributed by atoms with van der Waals surface area (Å²) in [6.07, 6.45) is -2.09. The molecule has 18 heteroatoms. The van der Waals surface area contributed by atoms with E-state index in [9.17, 15) is 22.8 Å². The number of benzene rings is 2. The first-order valence-corrected chi connectivity index (χ1v) is 13.6. The van der Waals surface area contributed by atoms with Crippen molar-refractivity contribution in [2.75, 3.05) is 50.7 Å². The second-order valence-corrected chi connectivity index (χ2v) is 9.54. The number of carboxylic acids is 1. The van der Waals surface area contributed by atoms with E-state index in [0.29, 0.717) is 43.2 Å². The zero-order valence-corrected chi connectivity index (χ0v) is 25.0. The summed E-state index contributed by atoms with van der Waals surface area (Å²) in [6.45, 7) is 2.25. The van der Waals surface area contributed by atoms with Crippen LogP contribution >= 0.6 is 0 Å². The monoisotopic (exact) mass is 665 g/mol. The molecule has 0 spiro atoms. The molecular weight excluding hydrogens is 634 g/mol. The number of carboxylic acid groups (broad SMARTS) is 1. The van der Waals surface area contributed by atoms with Crippen LogP contribution in [0.15, 0.2) is 54.9 Å². The highest BCUT2D eigenvalue weighted by atomic mass is 19.4. The van der Waals surface area contributed by atoms with Gasteiger partial charge in [0, 0.05) is 48.4 Å². The molecule has 1 fully saturated rings. The highest BCUT2D eigenvalue weighted by molar-refractivity contribution is 6.01. The van der Waals surface area contributed by atoms with Gasteiger partial charge in [0.15, 0.2) is 11.5 Å². The van der Waals surface area contributed by atoms with Crippen molar-refractivity contribution in [3.05, 3.63) is 77.4 Å². The molecule has 1 saturated heterocycles. The number of amides is 2. The maximum atomic E-state index is 15.2. The number of ether oxygens (including phenoxy) is 3. The van der Waals surface area contributed by atoms with E-state index in [1.807, 2.05) is 4.90 Å². The number of nitrogens with zero attached hydrogens (tertiary/aromatic N) is 2. The van der Waals surface area contributed by atoms with Crippen molar-refractivity contribution >= 4 is 35.0 Å². The number of rotatable bonds is 9. The Balaban J connectivity index is 0.000000771. The van der Waals surface area contributed by atoms with E-state index >= 15 is 4.39 Å². The van der Waals surface area contributed by atoms with Gasteiger partial charge in [0.25, 0.3) is 11.8 Å². The molecule has 1 aromatic heterocycles. The number of nitrogens with one attached hydrogen (secondary N) is 4. The summed E-state index contributed by atoms with van der Waals surface area (Å²) >= 11 is 0. The van der Waals surface area contributed by atoms with Crippen LogP contribution in [0.1, 0.15) is 27.5 Å². The second kappa shape index (κ2) is 16.1. The average molecular weight is 666 g/mol. The number of aromatic nitrogens is 1. The van der Waals surface area contributed by atoms with E-state index in [4.69, 9.17) is 35.3 Å². The minimum atomic E-state index is -5.08. The molecule has 2 aromatic carbocycles. The average Bonchev–Trinajstić information content (AvgIpc) is 3.06. The number of nitrogen functional groups attached to an aromatic ring is 1. The third-order valence-electron chi connectivity index (χ3n) is 6.52. The number of methoxy groups -OCH3 is 2. The van der Waals surface area contributed by atoms with Gasteiger partial charge >= 0.3 is 12.1 Å². The van der Waals surface area contributed by atoms with Gasteiger partial charge in [-0.3, -0.25) is 30.8 Å². The van der Waals surface area contributed by atoms with Crippen LogP contribution in [-0.2, 0) is 14.3 Å². The van der Waals surface area contributed by atoms with Gasteiger partial charge in [-0.05, 0) is 36.4 Å². The molecule has 14 nitrogen and oxygen atoms in total. The molecular formula is C29H31F4N7O7. The number of hydrogen-bond acceptors (Lipinski definition) is 10. The lowest BCUT2D eigenvalue weighted by Crippen LogP contribution is -2.46. The predicted molar refractivity (Wildman–Crippen MR) is 160 cm³/mol. The number of morpholine rings is 1. The number of hydrogen-bond donors (Lipinski definition) is 6. The van der Waals surface area contributed by atoms with Crippen LogP contribution in [0, 0.1) is 11.2 Å². The van der Waals surface area contributed by atoms with Crippen molar-refractivity contribution < 1.29 is 51.3 Å². The first-order chi connectivity index (χ1) is 22.3. The van der Waals surface area contributed by atoms with Crippen LogP contribution in [0.5, 0.6) is 11.5 Å². The number of carbonyl (C=O) groups excluding carboxylic acids is 2. The van der Waals surface area contributed by atoms with Crippen LogP contribution < -0.4 is 36.3 Å². The first-order valence-electron chi connectivity index (χ1n) is 13.6. The summed E-state index contributed by atoms with van der Waals surface area (Å²) in [5, 5.41) is 17.7. The van der Waals surface area contributed by atoms with Crippen LogP contribution in [0.4, 0.5) is 28.9 Å². The number of pyridine rings is 1. The number of anilines is 2. The number of halogens is 4. The van der Waals surface area contributed by atoms with Crippen LogP contribution in [-0.4, -0.2) is 80.4 Å². The zero-order valence-electron chi connectivity index (χ0n) is 25.0. The SMILES string of the molecule is COc1cc(F)c(C(Nc2ccc(C(=N)N)cc2)C(=O)NNC(=O)c2cnccc2N2CCOCC2)cc1OC.O=C(O)C(F)(F)F. The Morgan fingerprint density at radius 2 is 1.64 bits per heavy atom. The van der Waals surface area contributed by atoms with Gasteiger partial charge in [-0.25, -0.2) is 9.18 Å². The summed E-state index contributed by atoms with van der Waals surface area (Å²) in [5.74, 6) is -4.62. The fraction of sp³-hybridized carbons (Fsp3) is 0.276.